The third-order valence-corrected chi connectivity index (χ3v) is 3.27. The van der Waals surface area contributed by atoms with Crippen LogP contribution in [0, 0.1) is 13.8 Å². The molecule has 1 N–H and O–H groups in total. The topological polar surface area (TPSA) is 60.2 Å². The number of hydrogen-bond acceptors (Lipinski definition) is 5. The third kappa shape index (κ3) is 2.52. The number of nitrogens with zero attached hydrogens (tertiary/aromatic N) is 2. The lowest BCUT2D eigenvalue weighted by atomic mass is 10.1. The summed E-state index contributed by atoms with van der Waals surface area (Å²) in [5.41, 5.74) is 3.34. The first-order valence-electron chi connectivity index (χ1n) is 6.47. The van der Waals surface area contributed by atoms with Gasteiger partial charge in [-0.05, 0) is 25.5 Å². The average molecular weight is 259 g/mol. The number of aromatic nitrogens is 2. The SMILES string of the molecule is Cc1ccc(-c2nc(C3CNCCO3)no2)c(C)c1. The second kappa shape index (κ2) is 5.11. The molecule has 1 fully saturated rings. The Morgan fingerprint density at radius 1 is 1.32 bits per heavy atom. The molecule has 1 atom stereocenters. The van der Waals surface area contributed by atoms with E-state index in [4.69, 9.17) is 9.26 Å². The summed E-state index contributed by atoms with van der Waals surface area (Å²) >= 11 is 0. The largest absolute Gasteiger partial charge is 0.367 e. The van der Waals surface area contributed by atoms with Crippen LogP contribution in [0.1, 0.15) is 23.1 Å². The fourth-order valence-corrected chi connectivity index (χ4v) is 2.26. The van der Waals surface area contributed by atoms with Crippen molar-refractivity contribution in [1.82, 2.24) is 15.5 Å². The Hall–Kier alpha value is -1.72. The molecule has 0 radical (unpaired) electrons. The maximum absolute atomic E-state index is 5.62. The zero-order valence-electron chi connectivity index (χ0n) is 11.1. The van der Waals surface area contributed by atoms with E-state index in [1.54, 1.807) is 0 Å². The van der Waals surface area contributed by atoms with Crippen molar-refractivity contribution in [3.8, 4) is 11.5 Å². The predicted octanol–water partition coefficient (Wildman–Crippen LogP) is 2.01. The Morgan fingerprint density at radius 2 is 2.21 bits per heavy atom. The van der Waals surface area contributed by atoms with E-state index in [1.165, 1.54) is 5.56 Å². The molecule has 0 aliphatic carbocycles. The minimum atomic E-state index is -0.114. The van der Waals surface area contributed by atoms with Crippen molar-refractivity contribution < 1.29 is 9.26 Å². The van der Waals surface area contributed by atoms with Crippen LogP contribution in [-0.2, 0) is 4.74 Å². The van der Waals surface area contributed by atoms with Crippen molar-refractivity contribution in [2.45, 2.75) is 20.0 Å². The molecule has 100 valence electrons. The van der Waals surface area contributed by atoms with Gasteiger partial charge < -0.3 is 14.6 Å². The number of ether oxygens (including phenoxy) is 1. The molecule has 1 saturated heterocycles. The molecule has 1 unspecified atom stereocenters. The van der Waals surface area contributed by atoms with Gasteiger partial charge >= 0.3 is 0 Å². The van der Waals surface area contributed by atoms with Crippen molar-refractivity contribution >= 4 is 0 Å². The lowest BCUT2D eigenvalue weighted by Crippen LogP contribution is -2.33. The highest BCUT2D eigenvalue weighted by Gasteiger charge is 2.22. The summed E-state index contributed by atoms with van der Waals surface area (Å²) < 4.78 is 11.0. The molecule has 3 rings (SSSR count). The van der Waals surface area contributed by atoms with Gasteiger partial charge in [-0.25, -0.2) is 0 Å². The van der Waals surface area contributed by atoms with E-state index >= 15 is 0 Å². The predicted molar refractivity (Wildman–Crippen MR) is 70.8 cm³/mol. The minimum Gasteiger partial charge on any atom is -0.367 e. The first-order valence-corrected chi connectivity index (χ1v) is 6.47. The number of aryl methyl sites for hydroxylation is 2. The van der Waals surface area contributed by atoms with Crippen LogP contribution in [0.4, 0.5) is 0 Å². The smallest absolute Gasteiger partial charge is 0.258 e. The Bertz CT molecular complexity index is 574. The van der Waals surface area contributed by atoms with Crippen molar-refractivity contribution in [2.75, 3.05) is 19.7 Å². The van der Waals surface area contributed by atoms with Gasteiger partial charge in [0.15, 0.2) is 0 Å². The zero-order valence-corrected chi connectivity index (χ0v) is 11.1. The van der Waals surface area contributed by atoms with Crippen LogP contribution in [0.2, 0.25) is 0 Å². The second-order valence-corrected chi connectivity index (χ2v) is 4.84. The van der Waals surface area contributed by atoms with Crippen LogP contribution in [0.25, 0.3) is 11.5 Å². The molecule has 1 aliphatic heterocycles. The van der Waals surface area contributed by atoms with Crippen LogP contribution in [0.15, 0.2) is 22.7 Å². The van der Waals surface area contributed by atoms with E-state index < -0.39 is 0 Å². The standard InChI is InChI=1S/C14H17N3O2/c1-9-3-4-11(10(2)7-9)14-16-13(17-19-14)12-8-15-5-6-18-12/h3-4,7,12,15H,5-6,8H2,1-2H3. The molecule has 5 heteroatoms. The molecule has 0 spiro atoms. The van der Waals surface area contributed by atoms with E-state index in [2.05, 4.69) is 28.4 Å². The van der Waals surface area contributed by atoms with Gasteiger partial charge in [-0.3, -0.25) is 0 Å². The van der Waals surface area contributed by atoms with Gasteiger partial charge in [-0.2, -0.15) is 4.98 Å². The molecule has 1 aromatic heterocycles. The molecule has 0 saturated carbocycles. The highest BCUT2D eigenvalue weighted by atomic mass is 16.5. The molecular weight excluding hydrogens is 242 g/mol. The van der Waals surface area contributed by atoms with E-state index in [1.807, 2.05) is 19.1 Å². The molecule has 19 heavy (non-hydrogen) atoms. The average Bonchev–Trinajstić information content (AvgIpc) is 2.89. The molecule has 0 amide bonds. The number of benzene rings is 1. The van der Waals surface area contributed by atoms with Crippen LogP contribution in [0.5, 0.6) is 0 Å². The fraction of sp³-hybridized carbons (Fsp3) is 0.429. The van der Waals surface area contributed by atoms with Crippen molar-refractivity contribution in [1.29, 1.82) is 0 Å². The molecule has 0 bridgehead atoms. The first kappa shape index (κ1) is 12.3. The van der Waals surface area contributed by atoms with Crippen LogP contribution in [-0.4, -0.2) is 29.8 Å². The first-order chi connectivity index (χ1) is 9.24. The Labute approximate surface area is 112 Å². The number of morpholine rings is 1. The van der Waals surface area contributed by atoms with Gasteiger partial charge in [0.1, 0.15) is 6.10 Å². The lowest BCUT2D eigenvalue weighted by molar-refractivity contribution is 0.0208. The molecular formula is C14H17N3O2. The summed E-state index contributed by atoms with van der Waals surface area (Å²) in [6.07, 6.45) is -0.114. The van der Waals surface area contributed by atoms with E-state index in [0.29, 0.717) is 18.3 Å². The fourth-order valence-electron chi connectivity index (χ4n) is 2.26. The molecule has 2 heterocycles. The van der Waals surface area contributed by atoms with Gasteiger partial charge in [-0.1, -0.05) is 22.9 Å². The summed E-state index contributed by atoms with van der Waals surface area (Å²) in [5, 5.41) is 7.28. The van der Waals surface area contributed by atoms with E-state index in [0.717, 1.165) is 24.2 Å². The van der Waals surface area contributed by atoms with Crippen LogP contribution < -0.4 is 5.32 Å². The summed E-state index contributed by atoms with van der Waals surface area (Å²) in [6, 6.07) is 6.17. The number of hydrogen-bond donors (Lipinski definition) is 1. The van der Waals surface area contributed by atoms with E-state index in [-0.39, 0.29) is 6.10 Å². The summed E-state index contributed by atoms with van der Waals surface area (Å²) in [6.45, 7) is 6.39. The molecule has 1 aliphatic rings. The Balaban J connectivity index is 1.87. The van der Waals surface area contributed by atoms with Gasteiger partial charge in [0, 0.05) is 18.7 Å². The maximum atomic E-state index is 5.62. The minimum absolute atomic E-state index is 0.114. The summed E-state index contributed by atoms with van der Waals surface area (Å²) in [5.74, 6) is 1.17. The van der Waals surface area contributed by atoms with Crippen molar-refractivity contribution in [3.63, 3.8) is 0 Å². The Morgan fingerprint density at radius 3 is 2.95 bits per heavy atom. The summed E-state index contributed by atoms with van der Waals surface area (Å²) in [4.78, 5) is 4.45. The third-order valence-electron chi connectivity index (χ3n) is 3.27. The number of nitrogens with one attached hydrogen (secondary N) is 1. The van der Waals surface area contributed by atoms with Crippen LogP contribution >= 0.6 is 0 Å². The van der Waals surface area contributed by atoms with Gasteiger partial charge in [0.25, 0.3) is 5.89 Å². The Kier molecular flexibility index (Phi) is 3.31. The zero-order chi connectivity index (χ0) is 13.2. The highest BCUT2D eigenvalue weighted by Crippen LogP contribution is 2.25. The molecule has 2 aromatic rings. The van der Waals surface area contributed by atoms with Gasteiger partial charge in [0.05, 0.1) is 6.61 Å². The normalized spacial score (nSPS) is 19.6. The highest BCUT2D eigenvalue weighted by molar-refractivity contribution is 5.58. The van der Waals surface area contributed by atoms with E-state index in [9.17, 15) is 0 Å². The van der Waals surface area contributed by atoms with Crippen LogP contribution in [0.3, 0.4) is 0 Å². The molecule has 5 nitrogen and oxygen atoms in total. The van der Waals surface area contributed by atoms with Crippen molar-refractivity contribution in [3.05, 3.63) is 35.2 Å². The summed E-state index contributed by atoms with van der Waals surface area (Å²) in [7, 11) is 0. The van der Waals surface area contributed by atoms with Crippen molar-refractivity contribution in [2.24, 2.45) is 0 Å². The number of rotatable bonds is 2. The monoisotopic (exact) mass is 259 g/mol. The van der Waals surface area contributed by atoms with Gasteiger partial charge in [0.2, 0.25) is 5.82 Å². The second-order valence-electron chi connectivity index (χ2n) is 4.84. The maximum Gasteiger partial charge on any atom is 0.258 e. The molecule has 1 aromatic carbocycles. The lowest BCUT2D eigenvalue weighted by Gasteiger charge is -2.20. The quantitative estimate of drug-likeness (QED) is 0.894. The van der Waals surface area contributed by atoms with Gasteiger partial charge in [-0.15, -0.1) is 0 Å².